The lowest BCUT2D eigenvalue weighted by molar-refractivity contribution is 0.112. The highest BCUT2D eigenvalue weighted by Crippen LogP contribution is 2.25. The number of nitrogens with two attached hydrogens (primary N) is 1. The number of aryl methyl sites for hydroxylation is 2. The monoisotopic (exact) mass is 678 g/mol. The van der Waals surface area contributed by atoms with Gasteiger partial charge in [-0.15, -0.1) is 0 Å². The van der Waals surface area contributed by atoms with Gasteiger partial charge < -0.3 is 18.9 Å². The highest BCUT2D eigenvalue weighted by molar-refractivity contribution is 7.89. The van der Waals surface area contributed by atoms with Crippen LogP contribution in [-0.2, 0) is 56.7 Å². The average molecular weight is 679 g/mol. The number of methoxy groups -OCH3 is 4. The fraction of sp³-hybridized carbons (Fsp3) is 0.400. The molecule has 2 aromatic heterocycles. The van der Waals surface area contributed by atoms with Crippen LogP contribution in [0.3, 0.4) is 0 Å². The number of sulfonamides is 2. The molecule has 0 aliphatic carbocycles. The van der Waals surface area contributed by atoms with Crippen LogP contribution in [-0.4, -0.2) is 69.1 Å². The molecule has 14 nitrogen and oxygen atoms in total. The number of benzene rings is 2. The maximum absolute atomic E-state index is 13.6. The number of aromatic nitrogens is 4. The lowest BCUT2D eigenvalue weighted by atomic mass is 10.2. The maximum Gasteiger partial charge on any atom is 0.263 e. The summed E-state index contributed by atoms with van der Waals surface area (Å²) in [6, 6.07) is 17.6. The molecule has 0 bridgehead atoms. The summed E-state index contributed by atoms with van der Waals surface area (Å²) in [6.45, 7) is 4.01. The molecule has 2 heterocycles. The van der Waals surface area contributed by atoms with Crippen LogP contribution in [0.1, 0.15) is 48.6 Å². The van der Waals surface area contributed by atoms with Crippen molar-refractivity contribution in [1.82, 2.24) is 23.9 Å². The fourth-order valence-corrected chi connectivity index (χ4v) is 6.32. The van der Waals surface area contributed by atoms with Crippen molar-refractivity contribution in [2.75, 3.05) is 28.4 Å². The summed E-state index contributed by atoms with van der Waals surface area (Å²) >= 11 is 0. The van der Waals surface area contributed by atoms with Crippen molar-refractivity contribution < 1.29 is 35.8 Å². The Balaban J connectivity index is 0.000000344. The molecule has 4 rings (SSSR count). The predicted molar refractivity (Wildman–Crippen MR) is 171 cm³/mol. The van der Waals surface area contributed by atoms with Gasteiger partial charge in [0.2, 0.25) is 0 Å². The molecular weight excluding hydrogens is 636 g/mol. The van der Waals surface area contributed by atoms with Gasteiger partial charge in [-0.05, 0) is 49.2 Å². The molecule has 0 radical (unpaired) electrons. The van der Waals surface area contributed by atoms with Crippen LogP contribution < -0.4 is 14.6 Å². The van der Waals surface area contributed by atoms with Crippen LogP contribution in [0.5, 0.6) is 11.5 Å². The minimum atomic E-state index is -3.89. The zero-order chi connectivity index (χ0) is 34.2. The number of primary sulfonamides is 1. The van der Waals surface area contributed by atoms with Gasteiger partial charge in [-0.3, -0.25) is 9.36 Å². The molecule has 0 fully saturated rings. The van der Waals surface area contributed by atoms with Crippen LogP contribution in [0.25, 0.3) is 0 Å². The fourth-order valence-electron chi connectivity index (χ4n) is 4.40. The summed E-state index contributed by atoms with van der Waals surface area (Å²) in [5, 5.41) is 12.8. The topological polar surface area (TPSA) is 170 Å². The zero-order valence-corrected chi connectivity index (χ0v) is 28.9. The quantitative estimate of drug-likeness (QED) is 0.221. The third kappa shape index (κ3) is 9.14. The van der Waals surface area contributed by atoms with Crippen molar-refractivity contribution in [1.29, 1.82) is 0 Å². The minimum absolute atomic E-state index is 0.0130. The van der Waals surface area contributed by atoms with E-state index in [-0.39, 0.29) is 35.3 Å². The number of ether oxygens (including phenoxy) is 4. The second-order valence-corrected chi connectivity index (χ2v) is 13.7. The number of hydrogen-bond acceptors (Lipinski definition) is 10. The first-order valence-electron chi connectivity index (χ1n) is 14.1. The SMILES string of the molecule is COC(C)c1cc(S(N)(=O)=O)nn1C.COc1ccc(CN(Cc2ccc(OC)cc2)S(=O)(=O)c2cc(C(C)OC)n(C)n2)cc1. The van der Waals surface area contributed by atoms with E-state index < -0.39 is 20.0 Å². The Labute approximate surface area is 270 Å². The highest BCUT2D eigenvalue weighted by atomic mass is 32.2. The molecule has 2 N–H and O–H groups in total. The molecule has 252 valence electrons. The van der Waals surface area contributed by atoms with E-state index in [9.17, 15) is 16.8 Å². The van der Waals surface area contributed by atoms with Crippen molar-refractivity contribution in [3.05, 3.63) is 83.2 Å². The summed E-state index contributed by atoms with van der Waals surface area (Å²) in [6.07, 6.45) is -0.504. The Kier molecular flexibility index (Phi) is 12.5. The number of rotatable bonds is 13. The third-order valence-electron chi connectivity index (χ3n) is 7.26. The summed E-state index contributed by atoms with van der Waals surface area (Å²) in [5.41, 5.74) is 3.02. The van der Waals surface area contributed by atoms with Crippen LogP contribution in [0, 0.1) is 0 Å². The van der Waals surface area contributed by atoms with E-state index in [1.54, 1.807) is 53.1 Å². The van der Waals surface area contributed by atoms with Crippen LogP contribution >= 0.6 is 0 Å². The molecule has 0 saturated heterocycles. The standard InChI is InChI=1S/C23H29N3O5S.C7H13N3O3S/c1-17(29-3)22-14-23(24-25(22)2)32(27,28)26(15-18-6-10-20(30-4)11-7-18)16-19-8-12-21(31-5)13-9-19;1-5(13-3)6-4-7(9-10(6)2)14(8,11)12/h6-14,17H,15-16H2,1-5H3;4-5H,1-3H3,(H2,8,11,12). The molecule has 2 atom stereocenters. The lowest BCUT2D eigenvalue weighted by Gasteiger charge is -2.21. The molecule has 4 aromatic rings. The number of hydrogen-bond donors (Lipinski definition) is 1. The van der Waals surface area contributed by atoms with Crippen molar-refractivity contribution >= 4 is 20.0 Å². The first kappa shape index (κ1) is 36.7. The zero-order valence-electron chi connectivity index (χ0n) is 27.2. The van der Waals surface area contributed by atoms with E-state index in [0.29, 0.717) is 22.9 Å². The second-order valence-electron chi connectivity index (χ2n) is 10.3. The predicted octanol–water partition coefficient (Wildman–Crippen LogP) is 3.31. The lowest BCUT2D eigenvalue weighted by Crippen LogP contribution is -2.30. The smallest absolute Gasteiger partial charge is 0.263 e. The average Bonchev–Trinajstić information content (AvgIpc) is 3.64. The molecule has 0 amide bonds. The van der Waals surface area contributed by atoms with Gasteiger partial charge in [0.05, 0.1) is 37.8 Å². The molecule has 16 heteroatoms. The van der Waals surface area contributed by atoms with Gasteiger partial charge >= 0.3 is 0 Å². The second kappa shape index (κ2) is 15.7. The van der Waals surface area contributed by atoms with Gasteiger partial charge in [-0.2, -0.15) is 14.5 Å². The van der Waals surface area contributed by atoms with Crippen molar-refractivity contribution in [2.24, 2.45) is 19.2 Å². The molecular formula is C30H42N6O8S2. The number of nitrogens with zero attached hydrogens (tertiary/aromatic N) is 5. The molecule has 2 aromatic carbocycles. The Morgan fingerprint density at radius 3 is 1.39 bits per heavy atom. The van der Waals surface area contributed by atoms with E-state index in [0.717, 1.165) is 11.1 Å². The normalized spacial score (nSPS) is 13.2. The van der Waals surface area contributed by atoms with Gasteiger partial charge in [0, 0.05) is 53.5 Å². The van der Waals surface area contributed by atoms with Gasteiger partial charge in [-0.1, -0.05) is 24.3 Å². The van der Waals surface area contributed by atoms with Gasteiger partial charge in [-0.25, -0.2) is 22.0 Å². The highest BCUT2D eigenvalue weighted by Gasteiger charge is 2.29. The summed E-state index contributed by atoms with van der Waals surface area (Å²) in [7, 11) is 2.02. The summed E-state index contributed by atoms with van der Waals surface area (Å²) < 4.78 is 74.4. The molecule has 0 aliphatic rings. The maximum atomic E-state index is 13.6. The van der Waals surface area contributed by atoms with Gasteiger partial charge in [0.15, 0.2) is 10.1 Å². The largest absolute Gasteiger partial charge is 0.497 e. The first-order chi connectivity index (χ1) is 21.6. The molecule has 0 saturated carbocycles. The Morgan fingerprint density at radius 2 is 1.07 bits per heavy atom. The molecule has 0 aliphatic heterocycles. The molecule has 46 heavy (non-hydrogen) atoms. The van der Waals surface area contributed by atoms with Crippen molar-refractivity contribution in [3.8, 4) is 11.5 Å². The van der Waals surface area contributed by atoms with E-state index in [1.807, 2.05) is 55.5 Å². The van der Waals surface area contributed by atoms with E-state index in [4.69, 9.17) is 24.1 Å². The van der Waals surface area contributed by atoms with Gasteiger partial charge in [0.25, 0.3) is 20.0 Å². The third-order valence-corrected chi connectivity index (χ3v) is 9.71. The molecule has 2 unspecified atom stereocenters. The van der Waals surface area contributed by atoms with Crippen LogP contribution in [0.15, 0.2) is 70.7 Å². The van der Waals surface area contributed by atoms with Gasteiger partial charge in [0.1, 0.15) is 11.5 Å². The van der Waals surface area contributed by atoms with Crippen molar-refractivity contribution in [2.45, 2.75) is 49.2 Å². The summed E-state index contributed by atoms with van der Waals surface area (Å²) in [5.74, 6) is 1.42. The molecule has 0 spiro atoms. The minimum Gasteiger partial charge on any atom is -0.497 e. The van der Waals surface area contributed by atoms with Crippen LogP contribution in [0.4, 0.5) is 0 Å². The van der Waals surface area contributed by atoms with E-state index in [1.165, 1.54) is 22.2 Å². The van der Waals surface area contributed by atoms with Crippen LogP contribution in [0.2, 0.25) is 0 Å². The van der Waals surface area contributed by atoms with E-state index >= 15 is 0 Å². The van der Waals surface area contributed by atoms with Crippen molar-refractivity contribution in [3.63, 3.8) is 0 Å². The Morgan fingerprint density at radius 1 is 0.696 bits per heavy atom. The Hall–Kier alpha value is -3.80. The summed E-state index contributed by atoms with van der Waals surface area (Å²) in [4.78, 5) is 0. The van der Waals surface area contributed by atoms with E-state index in [2.05, 4.69) is 10.2 Å². The first-order valence-corrected chi connectivity index (χ1v) is 17.1. The Bertz CT molecular complexity index is 1740.